The summed E-state index contributed by atoms with van der Waals surface area (Å²) in [5.74, 6) is 0. The largest absolute Gasteiger partial charge is 0.393 e. The smallest absolute Gasteiger partial charge is 0.304 e. The molecule has 7 heteroatoms. The summed E-state index contributed by atoms with van der Waals surface area (Å²) in [4.78, 5) is 0. The summed E-state index contributed by atoms with van der Waals surface area (Å²) in [5.41, 5.74) is 0. The maximum Gasteiger partial charge on any atom is 0.304 e. The minimum Gasteiger partial charge on any atom is -0.393 e. The molecule has 10 heavy (non-hydrogen) atoms. The number of hydrogen-bond donors (Lipinski definition) is 4. The summed E-state index contributed by atoms with van der Waals surface area (Å²) in [6, 6.07) is 0. The van der Waals surface area contributed by atoms with Crippen LogP contribution in [0.1, 0.15) is 0 Å². The Morgan fingerprint density at radius 3 is 2.30 bits per heavy atom. The third-order valence-corrected chi connectivity index (χ3v) is 1.06. The van der Waals surface area contributed by atoms with Gasteiger partial charge in [0.15, 0.2) is 0 Å². The van der Waals surface area contributed by atoms with Crippen LogP contribution >= 0.6 is 0 Å². The van der Waals surface area contributed by atoms with E-state index in [1.807, 2.05) is 0 Å². The first kappa shape index (κ1) is 9.95. The number of rotatable bonds is 4. The zero-order chi connectivity index (χ0) is 8.15. The summed E-state index contributed by atoms with van der Waals surface area (Å²) in [7, 11) is 0. The molecule has 0 aliphatic carbocycles. The molecule has 4 N–H and O–H groups in total. The van der Waals surface area contributed by atoms with Gasteiger partial charge in [-0.15, -0.1) is 0 Å². The Hall–Kier alpha value is -0.0500. The molecule has 0 aromatic heterocycles. The average molecular weight is 172 g/mol. The van der Waals surface area contributed by atoms with Crippen LogP contribution in [-0.2, 0) is 15.5 Å². The van der Waals surface area contributed by atoms with Crippen molar-refractivity contribution >= 4 is 11.4 Å². The van der Waals surface area contributed by atoms with Crippen LogP contribution in [0, 0.1) is 0 Å². The van der Waals surface area contributed by atoms with E-state index < -0.39 is 30.4 Å². The third kappa shape index (κ3) is 3.88. The SMILES string of the molecule is O=S(O)OC(O)C(O)CO. The predicted octanol–water partition coefficient (Wildman–Crippen LogP) is -2.19. The first-order valence-electron chi connectivity index (χ1n) is 2.33. The van der Waals surface area contributed by atoms with Crippen molar-refractivity contribution < 1.29 is 28.3 Å². The summed E-state index contributed by atoms with van der Waals surface area (Å²) in [6.07, 6.45) is -3.40. The molecule has 0 amide bonds. The lowest BCUT2D eigenvalue weighted by Gasteiger charge is -2.12. The van der Waals surface area contributed by atoms with Crippen LogP contribution in [0.15, 0.2) is 0 Å². The highest BCUT2D eigenvalue weighted by Crippen LogP contribution is 1.95. The topological polar surface area (TPSA) is 107 Å². The van der Waals surface area contributed by atoms with Gasteiger partial charge in [-0.2, -0.15) is 4.21 Å². The van der Waals surface area contributed by atoms with Crippen LogP contribution < -0.4 is 0 Å². The summed E-state index contributed by atoms with van der Waals surface area (Å²) < 4.78 is 21.5. The van der Waals surface area contributed by atoms with Gasteiger partial charge in [-0.1, -0.05) is 0 Å². The molecule has 0 fully saturated rings. The van der Waals surface area contributed by atoms with Gasteiger partial charge in [0.1, 0.15) is 6.10 Å². The third-order valence-electron chi connectivity index (χ3n) is 0.697. The maximum absolute atomic E-state index is 9.77. The van der Waals surface area contributed by atoms with E-state index in [4.69, 9.17) is 19.9 Å². The summed E-state index contributed by atoms with van der Waals surface area (Å²) in [5, 5.41) is 25.2. The van der Waals surface area contributed by atoms with Crippen molar-refractivity contribution in [2.75, 3.05) is 6.61 Å². The Morgan fingerprint density at radius 1 is 1.50 bits per heavy atom. The molecule has 6 nitrogen and oxygen atoms in total. The fourth-order valence-electron chi connectivity index (χ4n) is 0.239. The van der Waals surface area contributed by atoms with E-state index in [-0.39, 0.29) is 0 Å². The number of hydrogen-bond acceptors (Lipinski definition) is 5. The quantitative estimate of drug-likeness (QED) is 0.283. The van der Waals surface area contributed by atoms with Gasteiger partial charge in [0.2, 0.25) is 6.29 Å². The van der Waals surface area contributed by atoms with Crippen LogP contribution in [0.25, 0.3) is 0 Å². The molecule has 3 unspecified atom stereocenters. The molecular weight excluding hydrogens is 164 g/mol. The van der Waals surface area contributed by atoms with E-state index in [1.54, 1.807) is 0 Å². The van der Waals surface area contributed by atoms with E-state index in [9.17, 15) is 4.21 Å². The number of aliphatic hydroxyl groups is 3. The average Bonchev–Trinajstić information content (AvgIpc) is 1.85. The summed E-state index contributed by atoms with van der Waals surface area (Å²) >= 11 is -2.64. The monoisotopic (exact) mass is 172 g/mol. The van der Waals surface area contributed by atoms with Crippen LogP contribution in [0.5, 0.6) is 0 Å². The van der Waals surface area contributed by atoms with Crippen LogP contribution in [0.4, 0.5) is 0 Å². The van der Waals surface area contributed by atoms with E-state index >= 15 is 0 Å². The molecule has 3 atom stereocenters. The number of aliphatic hydroxyl groups excluding tert-OH is 3. The molecule has 0 aromatic carbocycles. The molecule has 0 rings (SSSR count). The Morgan fingerprint density at radius 2 is 2.00 bits per heavy atom. The van der Waals surface area contributed by atoms with Crippen molar-refractivity contribution in [1.29, 1.82) is 0 Å². The molecule has 0 radical (unpaired) electrons. The lowest BCUT2D eigenvalue weighted by molar-refractivity contribution is -0.115. The second-order valence-electron chi connectivity index (χ2n) is 1.45. The van der Waals surface area contributed by atoms with E-state index in [0.717, 1.165) is 0 Å². The lowest BCUT2D eigenvalue weighted by atomic mass is 10.4. The highest BCUT2D eigenvalue weighted by molar-refractivity contribution is 7.74. The highest BCUT2D eigenvalue weighted by atomic mass is 32.2. The van der Waals surface area contributed by atoms with Gasteiger partial charge < -0.3 is 15.3 Å². The molecule has 0 aliphatic rings. The maximum atomic E-state index is 9.77. The van der Waals surface area contributed by atoms with Crippen LogP contribution in [0.2, 0.25) is 0 Å². The minimum atomic E-state index is -2.64. The normalized spacial score (nSPS) is 20.0. The van der Waals surface area contributed by atoms with Crippen molar-refractivity contribution in [3.8, 4) is 0 Å². The highest BCUT2D eigenvalue weighted by Gasteiger charge is 2.17. The second-order valence-corrected chi connectivity index (χ2v) is 2.08. The van der Waals surface area contributed by atoms with Crippen LogP contribution in [0.3, 0.4) is 0 Å². The van der Waals surface area contributed by atoms with E-state index in [2.05, 4.69) is 4.18 Å². The molecule has 0 spiro atoms. The molecular formula is C3H8O6S. The first-order chi connectivity index (χ1) is 4.57. The summed E-state index contributed by atoms with van der Waals surface area (Å²) in [6.45, 7) is -0.738. The molecule has 0 heterocycles. The van der Waals surface area contributed by atoms with Crippen LogP contribution in [-0.4, -0.2) is 43.1 Å². The van der Waals surface area contributed by atoms with Gasteiger partial charge in [0.05, 0.1) is 6.61 Å². The fourth-order valence-corrected chi connectivity index (χ4v) is 0.536. The minimum absolute atomic E-state index is 0.738. The van der Waals surface area contributed by atoms with Gasteiger partial charge in [0.25, 0.3) is 0 Å². The molecule has 0 saturated heterocycles. The molecule has 0 aliphatic heterocycles. The Kier molecular flexibility index (Phi) is 4.69. The van der Waals surface area contributed by atoms with Crippen molar-refractivity contribution in [2.24, 2.45) is 0 Å². The van der Waals surface area contributed by atoms with Gasteiger partial charge in [-0.25, -0.2) is 4.18 Å². The lowest BCUT2D eigenvalue weighted by Crippen LogP contribution is -2.32. The predicted molar refractivity (Wildman–Crippen MR) is 31.0 cm³/mol. The van der Waals surface area contributed by atoms with Crippen molar-refractivity contribution in [3.63, 3.8) is 0 Å². The second kappa shape index (κ2) is 4.72. The molecule has 62 valence electrons. The van der Waals surface area contributed by atoms with Gasteiger partial charge in [0, 0.05) is 0 Å². The Balaban J connectivity index is 3.61. The molecule has 0 aromatic rings. The van der Waals surface area contributed by atoms with Gasteiger partial charge in [-0.3, -0.25) is 4.55 Å². The zero-order valence-electron chi connectivity index (χ0n) is 4.88. The van der Waals surface area contributed by atoms with Crippen molar-refractivity contribution in [3.05, 3.63) is 0 Å². The van der Waals surface area contributed by atoms with Crippen molar-refractivity contribution in [2.45, 2.75) is 12.4 Å². The Labute approximate surface area is 59.6 Å². The zero-order valence-corrected chi connectivity index (χ0v) is 5.69. The molecule has 0 bridgehead atoms. The van der Waals surface area contributed by atoms with Gasteiger partial charge >= 0.3 is 11.4 Å². The van der Waals surface area contributed by atoms with E-state index in [0.29, 0.717) is 0 Å². The first-order valence-corrected chi connectivity index (χ1v) is 3.36. The fraction of sp³-hybridized carbons (Fsp3) is 1.00. The molecule has 0 saturated carbocycles. The van der Waals surface area contributed by atoms with Crippen molar-refractivity contribution in [1.82, 2.24) is 0 Å². The standard InChI is InChI=1S/C3H8O6S/c4-1-2(5)3(6)9-10(7)8/h2-6H,1H2,(H,7,8). The van der Waals surface area contributed by atoms with Gasteiger partial charge in [-0.05, 0) is 0 Å². The Bertz CT molecular complexity index is 116. The van der Waals surface area contributed by atoms with E-state index in [1.165, 1.54) is 0 Å².